The highest BCUT2D eigenvalue weighted by atomic mass is 79.9. The van der Waals surface area contributed by atoms with Crippen LogP contribution in [0.3, 0.4) is 0 Å². The topological polar surface area (TPSA) is 20.3 Å². The number of alkyl halides is 3. The molecule has 0 fully saturated rings. The van der Waals surface area contributed by atoms with Gasteiger partial charge in [-0.05, 0) is 29.6 Å². The van der Waals surface area contributed by atoms with Crippen LogP contribution in [0.15, 0.2) is 40.2 Å². The maximum atomic E-state index is 13.0. The van der Waals surface area contributed by atoms with Crippen LogP contribution in [0.25, 0.3) is 0 Å². The molecule has 0 N–H and O–H groups in total. The first-order valence-corrected chi connectivity index (χ1v) is 7.61. The summed E-state index contributed by atoms with van der Waals surface area (Å²) in [5.74, 6) is -0.650. The monoisotopic (exact) mass is 377 g/mol. The van der Waals surface area contributed by atoms with Crippen LogP contribution < -0.4 is 0 Å². The number of halogens is 4. The summed E-state index contributed by atoms with van der Waals surface area (Å²) in [5, 5.41) is 1.86. The summed E-state index contributed by atoms with van der Waals surface area (Å²) >= 11 is 4.45. The zero-order valence-corrected chi connectivity index (χ0v) is 13.3. The number of amides is 1. The lowest BCUT2D eigenvalue weighted by atomic mass is 10.1. The molecule has 0 bridgehead atoms. The van der Waals surface area contributed by atoms with E-state index >= 15 is 0 Å². The van der Waals surface area contributed by atoms with Crippen molar-refractivity contribution in [3.8, 4) is 0 Å². The largest absolute Gasteiger partial charge is 0.417 e. The van der Waals surface area contributed by atoms with Gasteiger partial charge in [-0.15, -0.1) is 11.3 Å². The van der Waals surface area contributed by atoms with E-state index in [4.69, 9.17) is 0 Å². The highest BCUT2D eigenvalue weighted by Crippen LogP contribution is 2.34. The van der Waals surface area contributed by atoms with Crippen molar-refractivity contribution in [2.24, 2.45) is 0 Å². The summed E-state index contributed by atoms with van der Waals surface area (Å²) in [4.78, 5) is 14.5. The SMILES string of the molecule is CN(Cc1cccs1)C(=O)c1ccc(Br)cc1C(F)(F)F. The molecular formula is C14H11BrF3NOS. The zero-order chi connectivity index (χ0) is 15.6. The fourth-order valence-electron chi connectivity index (χ4n) is 1.85. The molecule has 0 saturated heterocycles. The fraction of sp³-hybridized carbons (Fsp3) is 0.214. The van der Waals surface area contributed by atoms with Crippen LogP contribution in [0.1, 0.15) is 20.8 Å². The predicted molar refractivity (Wildman–Crippen MR) is 79.3 cm³/mol. The summed E-state index contributed by atoms with van der Waals surface area (Å²) in [6.07, 6.45) is -4.57. The van der Waals surface area contributed by atoms with Gasteiger partial charge in [0.2, 0.25) is 0 Å². The first-order valence-electron chi connectivity index (χ1n) is 5.93. The van der Waals surface area contributed by atoms with Crippen LogP contribution in [-0.2, 0) is 12.7 Å². The molecule has 7 heteroatoms. The lowest BCUT2D eigenvalue weighted by Crippen LogP contribution is -2.28. The molecule has 21 heavy (non-hydrogen) atoms. The molecule has 0 spiro atoms. The Labute approximate surface area is 132 Å². The Morgan fingerprint density at radius 1 is 1.33 bits per heavy atom. The van der Waals surface area contributed by atoms with Gasteiger partial charge in [-0.3, -0.25) is 4.79 Å². The molecule has 0 saturated carbocycles. The molecule has 1 heterocycles. The van der Waals surface area contributed by atoms with E-state index in [1.165, 1.54) is 35.4 Å². The van der Waals surface area contributed by atoms with Crippen molar-refractivity contribution in [3.05, 3.63) is 56.2 Å². The third kappa shape index (κ3) is 3.85. The predicted octanol–water partition coefficient (Wildman–Crippen LogP) is 4.80. The second-order valence-electron chi connectivity index (χ2n) is 4.43. The maximum Gasteiger partial charge on any atom is 0.417 e. The van der Waals surface area contributed by atoms with E-state index in [1.807, 2.05) is 17.5 Å². The van der Waals surface area contributed by atoms with Crippen LogP contribution >= 0.6 is 27.3 Å². The fourth-order valence-corrected chi connectivity index (χ4v) is 2.97. The highest BCUT2D eigenvalue weighted by molar-refractivity contribution is 9.10. The average Bonchev–Trinajstić information content (AvgIpc) is 2.89. The standard InChI is InChI=1S/C14H11BrF3NOS/c1-19(8-10-3-2-6-21-10)13(20)11-5-4-9(15)7-12(11)14(16,17)18/h2-7H,8H2,1H3. The zero-order valence-electron chi connectivity index (χ0n) is 10.9. The smallest absolute Gasteiger partial charge is 0.337 e. The van der Waals surface area contributed by atoms with Crippen molar-refractivity contribution >= 4 is 33.2 Å². The van der Waals surface area contributed by atoms with Gasteiger partial charge in [0, 0.05) is 16.4 Å². The van der Waals surface area contributed by atoms with E-state index in [2.05, 4.69) is 15.9 Å². The van der Waals surface area contributed by atoms with Crippen molar-refractivity contribution < 1.29 is 18.0 Å². The highest BCUT2D eigenvalue weighted by Gasteiger charge is 2.36. The summed E-state index contributed by atoms with van der Waals surface area (Å²) in [6, 6.07) is 7.22. The minimum atomic E-state index is -4.57. The Kier molecular flexibility index (Phi) is 4.73. The molecule has 1 aromatic heterocycles. The molecule has 0 atom stereocenters. The number of carbonyl (C=O) groups is 1. The lowest BCUT2D eigenvalue weighted by molar-refractivity contribution is -0.138. The number of rotatable bonds is 3. The van der Waals surface area contributed by atoms with Gasteiger partial charge < -0.3 is 4.90 Å². The van der Waals surface area contributed by atoms with E-state index in [0.29, 0.717) is 0 Å². The van der Waals surface area contributed by atoms with Crippen molar-refractivity contribution in [1.29, 1.82) is 0 Å². The third-order valence-electron chi connectivity index (χ3n) is 2.84. The van der Waals surface area contributed by atoms with Crippen molar-refractivity contribution in [3.63, 3.8) is 0 Å². The summed E-state index contributed by atoms with van der Waals surface area (Å²) in [5.41, 5.74) is -1.27. The molecule has 2 rings (SSSR count). The minimum absolute atomic E-state index is 0.282. The normalized spacial score (nSPS) is 11.5. The Morgan fingerprint density at radius 3 is 2.62 bits per heavy atom. The van der Waals surface area contributed by atoms with Crippen molar-refractivity contribution in [2.45, 2.75) is 12.7 Å². The number of nitrogens with zero attached hydrogens (tertiary/aromatic N) is 1. The molecule has 112 valence electrons. The molecule has 1 aromatic carbocycles. The molecule has 2 aromatic rings. The molecule has 2 nitrogen and oxygen atoms in total. The van der Waals surface area contributed by atoms with Crippen LogP contribution in [-0.4, -0.2) is 17.9 Å². The number of hydrogen-bond donors (Lipinski definition) is 0. The van der Waals surface area contributed by atoms with Gasteiger partial charge in [0.25, 0.3) is 5.91 Å². The van der Waals surface area contributed by atoms with Gasteiger partial charge in [-0.2, -0.15) is 13.2 Å². The van der Waals surface area contributed by atoms with E-state index in [0.717, 1.165) is 10.9 Å². The van der Waals surface area contributed by atoms with Crippen molar-refractivity contribution in [2.75, 3.05) is 7.05 Å². The van der Waals surface area contributed by atoms with E-state index < -0.39 is 17.6 Å². The van der Waals surface area contributed by atoms with Gasteiger partial charge >= 0.3 is 6.18 Å². The summed E-state index contributed by atoms with van der Waals surface area (Å²) in [6.45, 7) is 0.282. The van der Waals surface area contributed by atoms with Crippen LogP contribution in [0.5, 0.6) is 0 Å². The minimum Gasteiger partial charge on any atom is -0.337 e. The molecule has 0 aliphatic rings. The van der Waals surface area contributed by atoms with Crippen molar-refractivity contribution in [1.82, 2.24) is 4.90 Å². The second-order valence-corrected chi connectivity index (χ2v) is 6.38. The Bertz CT molecular complexity index is 640. The third-order valence-corrected chi connectivity index (χ3v) is 4.19. The van der Waals surface area contributed by atoms with Gasteiger partial charge in [0.1, 0.15) is 0 Å². The molecule has 0 aliphatic heterocycles. The summed E-state index contributed by atoms with van der Waals surface area (Å²) < 4.78 is 39.4. The maximum absolute atomic E-state index is 13.0. The molecule has 1 amide bonds. The van der Waals surface area contributed by atoms with Gasteiger partial charge in [-0.25, -0.2) is 0 Å². The molecule has 0 aliphatic carbocycles. The van der Waals surface area contributed by atoms with Crippen LogP contribution in [0.2, 0.25) is 0 Å². The number of benzene rings is 1. The van der Waals surface area contributed by atoms with Crippen LogP contribution in [0, 0.1) is 0 Å². The molecule has 0 radical (unpaired) electrons. The summed E-state index contributed by atoms with van der Waals surface area (Å²) in [7, 11) is 1.49. The molecule has 0 unspecified atom stereocenters. The Hall–Kier alpha value is -1.34. The number of thiophene rings is 1. The van der Waals surface area contributed by atoms with E-state index in [1.54, 1.807) is 0 Å². The lowest BCUT2D eigenvalue weighted by Gasteiger charge is -2.19. The Balaban J connectivity index is 2.30. The van der Waals surface area contributed by atoms with Crippen LogP contribution in [0.4, 0.5) is 13.2 Å². The first kappa shape index (κ1) is 16.0. The first-order chi connectivity index (χ1) is 9.79. The van der Waals surface area contributed by atoms with Gasteiger partial charge in [0.15, 0.2) is 0 Å². The van der Waals surface area contributed by atoms with Gasteiger partial charge in [-0.1, -0.05) is 22.0 Å². The second kappa shape index (κ2) is 6.19. The van der Waals surface area contributed by atoms with E-state index in [-0.39, 0.29) is 16.6 Å². The van der Waals surface area contributed by atoms with E-state index in [9.17, 15) is 18.0 Å². The Morgan fingerprint density at radius 2 is 2.05 bits per heavy atom. The quantitative estimate of drug-likeness (QED) is 0.751. The van der Waals surface area contributed by atoms with Gasteiger partial charge in [0.05, 0.1) is 17.7 Å². The number of hydrogen-bond acceptors (Lipinski definition) is 2. The average molecular weight is 378 g/mol. The number of carbonyl (C=O) groups excluding carboxylic acids is 1. The molecular weight excluding hydrogens is 367 g/mol.